The molecule has 0 bridgehead atoms. The monoisotopic (exact) mass is 275 g/mol. The van der Waals surface area contributed by atoms with Crippen LogP contribution in [0.25, 0.3) is 0 Å². The Morgan fingerprint density at radius 2 is 1.65 bits per heavy atom. The third-order valence-electron chi connectivity index (χ3n) is 4.06. The molecule has 20 heavy (non-hydrogen) atoms. The largest absolute Gasteiger partial charge is 0.494 e. The average Bonchev–Trinajstić information content (AvgIpc) is 2.91. The van der Waals surface area contributed by atoms with Gasteiger partial charge in [0.1, 0.15) is 5.75 Å². The summed E-state index contributed by atoms with van der Waals surface area (Å²) in [5.74, 6) is 0.999. The molecule has 1 saturated heterocycles. The van der Waals surface area contributed by atoms with Crippen molar-refractivity contribution in [3.05, 3.63) is 29.8 Å². The molecule has 2 rings (SSSR count). The molecule has 0 aliphatic carbocycles. The van der Waals surface area contributed by atoms with Crippen LogP contribution in [0.4, 0.5) is 0 Å². The molecule has 0 unspecified atom stereocenters. The van der Waals surface area contributed by atoms with Gasteiger partial charge in [-0.15, -0.1) is 0 Å². The zero-order valence-corrected chi connectivity index (χ0v) is 13.3. The van der Waals surface area contributed by atoms with Crippen LogP contribution < -0.4 is 4.74 Å². The summed E-state index contributed by atoms with van der Waals surface area (Å²) in [6.07, 6.45) is 5.17. The second-order valence-electron chi connectivity index (χ2n) is 6.88. The maximum atomic E-state index is 5.82. The first-order chi connectivity index (χ1) is 9.55. The zero-order valence-electron chi connectivity index (χ0n) is 13.3. The highest BCUT2D eigenvalue weighted by atomic mass is 16.5. The van der Waals surface area contributed by atoms with E-state index in [2.05, 4.69) is 49.9 Å². The Bertz CT molecular complexity index is 385. The lowest BCUT2D eigenvalue weighted by Crippen LogP contribution is -2.20. The Hall–Kier alpha value is -1.02. The quantitative estimate of drug-likeness (QED) is 0.720. The zero-order chi connectivity index (χ0) is 14.4. The number of unbranched alkanes of at least 4 members (excludes halogenated alkanes) is 1. The van der Waals surface area contributed by atoms with Crippen molar-refractivity contribution >= 4 is 0 Å². The molecule has 0 saturated carbocycles. The Morgan fingerprint density at radius 3 is 2.25 bits per heavy atom. The molecular weight excluding hydrogens is 246 g/mol. The van der Waals surface area contributed by atoms with E-state index < -0.39 is 0 Å². The number of hydrogen-bond acceptors (Lipinski definition) is 2. The third kappa shape index (κ3) is 4.82. The molecule has 1 aromatic rings. The van der Waals surface area contributed by atoms with E-state index in [0.717, 1.165) is 18.8 Å². The van der Waals surface area contributed by atoms with Crippen LogP contribution in [0.5, 0.6) is 5.75 Å². The van der Waals surface area contributed by atoms with Crippen molar-refractivity contribution in [1.29, 1.82) is 0 Å². The van der Waals surface area contributed by atoms with Crippen molar-refractivity contribution in [2.24, 2.45) is 0 Å². The van der Waals surface area contributed by atoms with Crippen LogP contribution in [-0.2, 0) is 5.41 Å². The number of benzene rings is 1. The van der Waals surface area contributed by atoms with E-state index in [4.69, 9.17) is 4.74 Å². The molecule has 0 N–H and O–H groups in total. The Kier molecular flexibility index (Phi) is 5.47. The maximum absolute atomic E-state index is 5.82. The fourth-order valence-electron chi connectivity index (χ4n) is 2.68. The van der Waals surface area contributed by atoms with Gasteiger partial charge in [0, 0.05) is 0 Å². The summed E-state index contributed by atoms with van der Waals surface area (Å²) in [6, 6.07) is 8.56. The van der Waals surface area contributed by atoms with Crippen molar-refractivity contribution in [3.8, 4) is 5.75 Å². The number of likely N-dealkylation sites (tertiary alicyclic amines) is 1. The van der Waals surface area contributed by atoms with Gasteiger partial charge in [-0.3, -0.25) is 0 Å². The summed E-state index contributed by atoms with van der Waals surface area (Å²) in [5, 5.41) is 0. The summed E-state index contributed by atoms with van der Waals surface area (Å²) in [5.41, 5.74) is 1.58. The van der Waals surface area contributed by atoms with Gasteiger partial charge in [0.2, 0.25) is 0 Å². The van der Waals surface area contributed by atoms with Crippen LogP contribution in [0.3, 0.4) is 0 Å². The van der Waals surface area contributed by atoms with Gasteiger partial charge < -0.3 is 9.64 Å². The predicted octanol–water partition coefficient (Wildman–Crippen LogP) is 4.24. The van der Waals surface area contributed by atoms with E-state index in [9.17, 15) is 0 Å². The van der Waals surface area contributed by atoms with Crippen LogP contribution in [-0.4, -0.2) is 31.1 Å². The van der Waals surface area contributed by atoms with Crippen LogP contribution in [0, 0.1) is 0 Å². The second kappa shape index (κ2) is 7.12. The van der Waals surface area contributed by atoms with Crippen LogP contribution in [0.2, 0.25) is 0 Å². The molecule has 0 atom stereocenters. The first-order valence-electron chi connectivity index (χ1n) is 8.01. The smallest absolute Gasteiger partial charge is 0.119 e. The first kappa shape index (κ1) is 15.4. The lowest BCUT2D eigenvalue weighted by atomic mass is 9.87. The van der Waals surface area contributed by atoms with Gasteiger partial charge in [0.25, 0.3) is 0 Å². The van der Waals surface area contributed by atoms with Crippen molar-refractivity contribution in [2.75, 3.05) is 26.2 Å². The predicted molar refractivity (Wildman–Crippen MR) is 85.5 cm³/mol. The second-order valence-corrected chi connectivity index (χ2v) is 6.88. The average molecular weight is 275 g/mol. The van der Waals surface area contributed by atoms with Gasteiger partial charge in [-0.25, -0.2) is 0 Å². The van der Waals surface area contributed by atoms with Gasteiger partial charge in [-0.2, -0.15) is 0 Å². The molecule has 0 aromatic heterocycles. The third-order valence-corrected chi connectivity index (χ3v) is 4.06. The molecule has 2 nitrogen and oxygen atoms in total. The van der Waals surface area contributed by atoms with E-state index in [1.807, 2.05) is 0 Å². The SMILES string of the molecule is CC(C)(C)c1ccc(OCCCCN2CCCC2)cc1. The van der Waals surface area contributed by atoms with Gasteiger partial charge in [0.15, 0.2) is 0 Å². The highest BCUT2D eigenvalue weighted by molar-refractivity contribution is 5.31. The van der Waals surface area contributed by atoms with Gasteiger partial charge >= 0.3 is 0 Å². The minimum atomic E-state index is 0.217. The standard InChI is InChI=1S/C18H29NO/c1-18(2,3)16-8-10-17(11-9-16)20-15-7-6-14-19-12-4-5-13-19/h8-11H,4-7,12-15H2,1-3H3. The van der Waals surface area contributed by atoms with E-state index >= 15 is 0 Å². The Morgan fingerprint density at radius 1 is 1.00 bits per heavy atom. The van der Waals surface area contributed by atoms with Gasteiger partial charge in [-0.05, 0) is 68.4 Å². The number of nitrogens with zero attached hydrogens (tertiary/aromatic N) is 1. The van der Waals surface area contributed by atoms with Crippen LogP contribution >= 0.6 is 0 Å². The molecule has 1 aromatic carbocycles. The fourth-order valence-corrected chi connectivity index (χ4v) is 2.68. The van der Waals surface area contributed by atoms with Crippen molar-refractivity contribution in [1.82, 2.24) is 4.90 Å². The summed E-state index contributed by atoms with van der Waals surface area (Å²) in [6.45, 7) is 11.4. The van der Waals surface area contributed by atoms with Crippen molar-refractivity contribution in [2.45, 2.75) is 51.9 Å². The molecule has 112 valence electrons. The molecule has 0 radical (unpaired) electrons. The lowest BCUT2D eigenvalue weighted by Gasteiger charge is -2.19. The minimum Gasteiger partial charge on any atom is -0.494 e. The Labute approximate surface area is 124 Å². The summed E-state index contributed by atoms with van der Waals surface area (Å²) < 4.78 is 5.82. The molecule has 1 aliphatic rings. The summed E-state index contributed by atoms with van der Waals surface area (Å²) in [7, 11) is 0. The van der Waals surface area contributed by atoms with E-state index in [-0.39, 0.29) is 5.41 Å². The number of hydrogen-bond donors (Lipinski definition) is 0. The van der Waals surface area contributed by atoms with E-state index in [1.165, 1.54) is 44.5 Å². The topological polar surface area (TPSA) is 12.5 Å². The summed E-state index contributed by atoms with van der Waals surface area (Å²) >= 11 is 0. The highest BCUT2D eigenvalue weighted by Crippen LogP contribution is 2.24. The number of ether oxygens (including phenoxy) is 1. The van der Waals surface area contributed by atoms with Gasteiger partial charge in [0.05, 0.1) is 6.61 Å². The highest BCUT2D eigenvalue weighted by Gasteiger charge is 2.13. The molecule has 0 spiro atoms. The molecule has 1 aliphatic heterocycles. The van der Waals surface area contributed by atoms with Crippen LogP contribution in [0.15, 0.2) is 24.3 Å². The van der Waals surface area contributed by atoms with E-state index in [0.29, 0.717) is 0 Å². The van der Waals surface area contributed by atoms with Crippen molar-refractivity contribution < 1.29 is 4.74 Å². The fraction of sp³-hybridized carbons (Fsp3) is 0.667. The molecule has 1 fully saturated rings. The van der Waals surface area contributed by atoms with E-state index in [1.54, 1.807) is 0 Å². The lowest BCUT2D eigenvalue weighted by molar-refractivity contribution is 0.279. The Balaban J connectivity index is 1.64. The maximum Gasteiger partial charge on any atom is 0.119 e. The molecular formula is C18H29NO. The summed E-state index contributed by atoms with van der Waals surface area (Å²) in [4.78, 5) is 2.57. The molecule has 1 heterocycles. The molecule has 0 amide bonds. The molecule has 2 heteroatoms. The minimum absolute atomic E-state index is 0.217. The number of rotatable bonds is 6. The first-order valence-corrected chi connectivity index (χ1v) is 8.01. The van der Waals surface area contributed by atoms with Crippen molar-refractivity contribution in [3.63, 3.8) is 0 Å². The normalized spacial score (nSPS) is 16.6. The van der Waals surface area contributed by atoms with Gasteiger partial charge in [-0.1, -0.05) is 32.9 Å². The van der Waals surface area contributed by atoms with Crippen LogP contribution in [0.1, 0.15) is 52.0 Å².